The van der Waals surface area contributed by atoms with Crippen molar-refractivity contribution in [1.82, 2.24) is 0 Å². The van der Waals surface area contributed by atoms with Gasteiger partial charge in [0.15, 0.2) is 0 Å². The molecule has 15 heavy (non-hydrogen) atoms. The lowest BCUT2D eigenvalue weighted by Crippen LogP contribution is -1.97. The van der Waals surface area contributed by atoms with Gasteiger partial charge in [-0.2, -0.15) is 0 Å². The Kier molecular flexibility index (Phi) is 5.02. The van der Waals surface area contributed by atoms with E-state index in [0.29, 0.717) is 11.6 Å². The summed E-state index contributed by atoms with van der Waals surface area (Å²) >= 11 is 0. The van der Waals surface area contributed by atoms with E-state index >= 15 is 0 Å². The molecule has 1 aromatic carbocycles. The van der Waals surface area contributed by atoms with Crippen LogP contribution in [0.5, 0.6) is 0 Å². The van der Waals surface area contributed by atoms with Gasteiger partial charge >= 0.3 is 0 Å². The van der Waals surface area contributed by atoms with Gasteiger partial charge in [0, 0.05) is 0 Å². The molecule has 0 aliphatic rings. The molecule has 0 N–H and O–H groups in total. The van der Waals surface area contributed by atoms with Crippen LogP contribution in [0.25, 0.3) is 0 Å². The van der Waals surface area contributed by atoms with Gasteiger partial charge in [-0.25, -0.2) is 0 Å². The first-order valence-electron chi connectivity index (χ1n) is 5.75. The van der Waals surface area contributed by atoms with Crippen LogP contribution in [-0.4, -0.2) is 0 Å². The Morgan fingerprint density at radius 3 is 2.00 bits per heavy atom. The molecule has 0 atom stereocenters. The molecule has 0 heterocycles. The fraction of sp³-hybridized carbons (Fsp3) is 0.538. The molecule has 0 saturated heterocycles. The summed E-state index contributed by atoms with van der Waals surface area (Å²) < 4.78 is 0. The summed E-state index contributed by atoms with van der Waals surface area (Å²) in [6.07, 6.45) is 4.86. The van der Waals surface area contributed by atoms with Crippen molar-refractivity contribution >= 4 is 5.69 Å². The van der Waals surface area contributed by atoms with Crippen LogP contribution in [0.3, 0.4) is 0 Å². The lowest BCUT2D eigenvalue weighted by molar-refractivity contribution is 0.561. The third-order valence-electron chi connectivity index (χ3n) is 2.74. The molecule has 0 fully saturated rings. The predicted octanol–water partition coefficient (Wildman–Crippen LogP) is 4.77. The predicted molar refractivity (Wildman–Crippen MR) is 64.5 cm³/mol. The van der Waals surface area contributed by atoms with Crippen molar-refractivity contribution in [3.63, 3.8) is 0 Å². The highest BCUT2D eigenvalue weighted by molar-refractivity contribution is 5.39. The van der Waals surface area contributed by atoms with Crippen LogP contribution in [0.4, 0.5) is 5.69 Å². The Bertz CT molecular complexity index is 286. The van der Waals surface area contributed by atoms with Gasteiger partial charge in [0.2, 0.25) is 0 Å². The van der Waals surface area contributed by atoms with E-state index in [9.17, 15) is 4.91 Å². The first kappa shape index (κ1) is 11.9. The molecule has 0 radical (unpaired) electrons. The highest BCUT2D eigenvalue weighted by Gasteiger charge is 2.09. The molecule has 82 valence electrons. The van der Waals surface area contributed by atoms with Crippen molar-refractivity contribution in [2.45, 2.75) is 45.4 Å². The van der Waals surface area contributed by atoms with E-state index in [1.165, 1.54) is 31.2 Å². The van der Waals surface area contributed by atoms with Crippen molar-refractivity contribution in [2.75, 3.05) is 0 Å². The number of benzene rings is 1. The Morgan fingerprint density at radius 1 is 1.07 bits per heavy atom. The molecule has 0 bridgehead atoms. The first-order valence-corrected chi connectivity index (χ1v) is 5.75. The molecule has 0 aliphatic carbocycles. The molecule has 1 aromatic rings. The summed E-state index contributed by atoms with van der Waals surface area (Å²) in [6.45, 7) is 4.42. The molecule has 2 heteroatoms. The molecular formula is C13H19NO. The molecule has 0 saturated carbocycles. The van der Waals surface area contributed by atoms with Crippen molar-refractivity contribution in [1.29, 1.82) is 0 Å². The minimum Gasteiger partial charge on any atom is -0.145 e. The van der Waals surface area contributed by atoms with E-state index < -0.39 is 0 Å². The fourth-order valence-electron chi connectivity index (χ4n) is 1.98. The third-order valence-corrected chi connectivity index (χ3v) is 2.74. The van der Waals surface area contributed by atoms with Crippen LogP contribution in [-0.2, 0) is 0 Å². The van der Waals surface area contributed by atoms with E-state index in [1.807, 2.05) is 12.1 Å². The average Bonchev–Trinajstić information content (AvgIpc) is 2.29. The zero-order valence-electron chi connectivity index (χ0n) is 9.57. The topological polar surface area (TPSA) is 29.4 Å². The van der Waals surface area contributed by atoms with E-state index in [4.69, 9.17) is 0 Å². The largest absolute Gasteiger partial charge is 0.145 e. The van der Waals surface area contributed by atoms with Crippen molar-refractivity contribution in [3.8, 4) is 0 Å². The molecule has 2 nitrogen and oxygen atoms in total. The van der Waals surface area contributed by atoms with E-state index in [0.717, 1.165) is 0 Å². The standard InChI is InChI=1S/C13H19NO/c1-3-5-11(6-4-2)12-7-9-13(14-15)10-8-12/h7-11H,3-6H2,1-2H3. The summed E-state index contributed by atoms with van der Waals surface area (Å²) in [5.74, 6) is 0.640. The van der Waals surface area contributed by atoms with E-state index in [-0.39, 0.29) is 0 Å². The first-order chi connectivity index (χ1) is 7.31. The molecule has 0 amide bonds. The van der Waals surface area contributed by atoms with Gasteiger partial charge in [-0.15, -0.1) is 4.91 Å². The van der Waals surface area contributed by atoms with E-state index in [1.54, 1.807) is 12.1 Å². The molecule has 0 unspecified atom stereocenters. The van der Waals surface area contributed by atoms with Crippen LogP contribution in [0.1, 0.15) is 51.0 Å². The van der Waals surface area contributed by atoms with Crippen LogP contribution in [0.15, 0.2) is 29.4 Å². The summed E-state index contributed by atoms with van der Waals surface area (Å²) in [6, 6.07) is 7.68. The smallest absolute Gasteiger partial charge is 0.108 e. The number of rotatable bonds is 6. The molecule has 0 aromatic heterocycles. The Morgan fingerprint density at radius 2 is 1.60 bits per heavy atom. The third kappa shape index (κ3) is 3.46. The van der Waals surface area contributed by atoms with E-state index in [2.05, 4.69) is 19.0 Å². The molecule has 1 rings (SSSR count). The van der Waals surface area contributed by atoms with Crippen molar-refractivity contribution in [2.24, 2.45) is 5.18 Å². The summed E-state index contributed by atoms with van der Waals surface area (Å²) in [7, 11) is 0. The minimum atomic E-state index is 0.519. The fourth-order valence-corrected chi connectivity index (χ4v) is 1.98. The Hall–Kier alpha value is -1.18. The van der Waals surface area contributed by atoms with Crippen molar-refractivity contribution < 1.29 is 0 Å². The Labute approximate surface area is 91.7 Å². The quantitative estimate of drug-likeness (QED) is 0.615. The highest BCUT2D eigenvalue weighted by Crippen LogP contribution is 2.27. The number of nitroso groups, excluding NO2 is 1. The van der Waals surface area contributed by atoms with Crippen LogP contribution < -0.4 is 0 Å². The normalized spacial score (nSPS) is 10.6. The van der Waals surface area contributed by atoms with Crippen LogP contribution in [0.2, 0.25) is 0 Å². The average molecular weight is 205 g/mol. The second-order valence-electron chi connectivity index (χ2n) is 3.96. The van der Waals surface area contributed by atoms with Crippen LogP contribution >= 0.6 is 0 Å². The second kappa shape index (κ2) is 6.33. The Balaban J connectivity index is 2.76. The van der Waals surface area contributed by atoms with Gasteiger partial charge in [0.1, 0.15) is 5.69 Å². The number of nitrogens with zero attached hydrogens (tertiary/aromatic N) is 1. The monoisotopic (exact) mass is 205 g/mol. The van der Waals surface area contributed by atoms with Gasteiger partial charge in [-0.05, 0) is 41.6 Å². The van der Waals surface area contributed by atoms with Gasteiger partial charge < -0.3 is 0 Å². The minimum absolute atomic E-state index is 0.519. The molecule has 0 aliphatic heterocycles. The summed E-state index contributed by atoms with van der Waals surface area (Å²) in [4.78, 5) is 10.3. The second-order valence-corrected chi connectivity index (χ2v) is 3.96. The lowest BCUT2D eigenvalue weighted by Gasteiger charge is -2.15. The summed E-state index contributed by atoms with van der Waals surface area (Å²) in [5.41, 5.74) is 1.86. The lowest BCUT2D eigenvalue weighted by atomic mass is 9.90. The maximum Gasteiger partial charge on any atom is 0.108 e. The SMILES string of the molecule is CCCC(CCC)c1ccc(N=O)cc1. The zero-order chi connectivity index (χ0) is 11.1. The van der Waals surface area contributed by atoms with Crippen molar-refractivity contribution in [3.05, 3.63) is 34.7 Å². The maximum atomic E-state index is 10.3. The van der Waals surface area contributed by atoms with Gasteiger partial charge in [0.25, 0.3) is 0 Å². The van der Waals surface area contributed by atoms with Crippen LogP contribution in [0, 0.1) is 4.91 Å². The van der Waals surface area contributed by atoms with Gasteiger partial charge in [-0.3, -0.25) is 0 Å². The van der Waals surface area contributed by atoms with Gasteiger partial charge in [-0.1, -0.05) is 38.8 Å². The van der Waals surface area contributed by atoms with Gasteiger partial charge in [0.05, 0.1) is 0 Å². The maximum absolute atomic E-state index is 10.3. The highest BCUT2D eigenvalue weighted by atomic mass is 16.3. The zero-order valence-corrected chi connectivity index (χ0v) is 9.57. The summed E-state index contributed by atoms with van der Waals surface area (Å²) in [5, 5.41) is 2.91. The molecule has 0 spiro atoms. The molecular weight excluding hydrogens is 186 g/mol. The number of hydrogen-bond acceptors (Lipinski definition) is 2. The number of hydrogen-bond donors (Lipinski definition) is 0.